The second kappa shape index (κ2) is 7.15. The van der Waals surface area contributed by atoms with E-state index in [2.05, 4.69) is 52.0 Å². The molecular weight excluding hydrogens is 144 g/mol. The van der Waals surface area contributed by atoms with Crippen molar-refractivity contribution in [2.45, 2.75) is 40.5 Å². The molecular formula is C12H22. The summed E-state index contributed by atoms with van der Waals surface area (Å²) in [6, 6.07) is 0. The van der Waals surface area contributed by atoms with Crippen molar-refractivity contribution in [3.05, 3.63) is 24.3 Å². The van der Waals surface area contributed by atoms with Crippen LogP contribution in [0.4, 0.5) is 0 Å². The number of allylic oxidation sites excluding steroid dienone is 4. The summed E-state index contributed by atoms with van der Waals surface area (Å²) in [5, 5.41) is 0. The molecule has 0 saturated heterocycles. The second-order valence-electron chi connectivity index (χ2n) is 3.37. The maximum Gasteiger partial charge on any atom is -0.00561 e. The molecule has 0 heteroatoms. The highest BCUT2D eigenvalue weighted by Gasteiger charge is 1.96. The van der Waals surface area contributed by atoms with Crippen LogP contribution < -0.4 is 0 Å². The summed E-state index contributed by atoms with van der Waals surface area (Å²) in [4.78, 5) is 0. The molecule has 0 N–H and O–H groups in total. The predicted molar refractivity (Wildman–Crippen MR) is 57.2 cm³/mol. The molecule has 70 valence electrons. The molecule has 0 aliphatic heterocycles. The summed E-state index contributed by atoms with van der Waals surface area (Å²) < 4.78 is 0. The number of rotatable bonds is 5. The van der Waals surface area contributed by atoms with Crippen molar-refractivity contribution in [2.24, 2.45) is 11.8 Å². The Hall–Kier alpha value is -0.520. The Labute approximate surface area is 77.4 Å². The summed E-state index contributed by atoms with van der Waals surface area (Å²) in [7, 11) is 0. The molecule has 0 aliphatic carbocycles. The van der Waals surface area contributed by atoms with Crippen LogP contribution in [0.15, 0.2) is 24.3 Å². The van der Waals surface area contributed by atoms with Crippen molar-refractivity contribution in [1.29, 1.82) is 0 Å². The van der Waals surface area contributed by atoms with Gasteiger partial charge in [0.25, 0.3) is 0 Å². The van der Waals surface area contributed by atoms with Crippen LogP contribution in [0.1, 0.15) is 40.5 Å². The van der Waals surface area contributed by atoms with Gasteiger partial charge < -0.3 is 0 Å². The molecule has 0 rings (SSSR count). The molecule has 0 aromatic heterocycles. The van der Waals surface area contributed by atoms with Crippen LogP contribution in [0.5, 0.6) is 0 Å². The van der Waals surface area contributed by atoms with E-state index in [0.717, 1.165) is 5.92 Å². The average molecular weight is 166 g/mol. The standard InChI is InChI=1S/C12H22/c1-5-8-12(7-3)10-9-11(4)6-2/h5,8-12H,6-7H2,1-4H3/b8-5+,10-9?. The Balaban J connectivity index is 3.91. The average Bonchev–Trinajstić information content (AvgIpc) is 2.11. The summed E-state index contributed by atoms with van der Waals surface area (Å²) in [6.45, 7) is 8.80. The van der Waals surface area contributed by atoms with Crippen LogP contribution in [0.2, 0.25) is 0 Å². The molecule has 0 aliphatic rings. The first-order valence-electron chi connectivity index (χ1n) is 5.05. The fourth-order valence-electron chi connectivity index (χ4n) is 1.05. The molecule has 2 unspecified atom stereocenters. The SMILES string of the molecule is C/C=C/C(C=CC(C)CC)CC. The highest BCUT2D eigenvalue weighted by molar-refractivity contribution is 5.00. The topological polar surface area (TPSA) is 0 Å². The largest absolute Gasteiger partial charge is 0.0911 e. The van der Waals surface area contributed by atoms with Gasteiger partial charge in [0.05, 0.1) is 0 Å². The van der Waals surface area contributed by atoms with E-state index in [-0.39, 0.29) is 0 Å². The molecule has 0 amide bonds. The van der Waals surface area contributed by atoms with Crippen molar-refractivity contribution >= 4 is 0 Å². The zero-order valence-corrected chi connectivity index (χ0v) is 8.88. The molecule has 12 heavy (non-hydrogen) atoms. The smallest absolute Gasteiger partial charge is 0.00561 e. The normalized spacial score (nSPS) is 17.3. The molecule has 0 heterocycles. The fraction of sp³-hybridized carbons (Fsp3) is 0.667. The third-order valence-corrected chi connectivity index (χ3v) is 2.24. The van der Waals surface area contributed by atoms with Crippen LogP contribution in [0, 0.1) is 11.8 Å². The van der Waals surface area contributed by atoms with Gasteiger partial charge in [0.1, 0.15) is 0 Å². The van der Waals surface area contributed by atoms with Crippen molar-refractivity contribution < 1.29 is 0 Å². The van der Waals surface area contributed by atoms with Gasteiger partial charge in [-0.2, -0.15) is 0 Å². The fourth-order valence-corrected chi connectivity index (χ4v) is 1.05. The monoisotopic (exact) mass is 166 g/mol. The van der Waals surface area contributed by atoms with Crippen molar-refractivity contribution in [2.75, 3.05) is 0 Å². The van der Waals surface area contributed by atoms with E-state index < -0.39 is 0 Å². The van der Waals surface area contributed by atoms with E-state index in [1.807, 2.05) is 0 Å². The molecule has 0 fully saturated rings. The molecule has 0 radical (unpaired) electrons. The molecule has 0 nitrogen and oxygen atoms in total. The quantitative estimate of drug-likeness (QED) is 0.537. The highest BCUT2D eigenvalue weighted by atomic mass is 14.0. The number of hydrogen-bond donors (Lipinski definition) is 0. The first kappa shape index (κ1) is 11.5. The second-order valence-corrected chi connectivity index (χ2v) is 3.37. The zero-order chi connectivity index (χ0) is 9.40. The summed E-state index contributed by atoms with van der Waals surface area (Å²) >= 11 is 0. The minimum Gasteiger partial charge on any atom is -0.0911 e. The van der Waals surface area contributed by atoms with Crippen molar-refractivity contribution in [1.82, 2.24) is 0 Å². The first-order valence-corrected chi connectivity index (χ1v) is 5.05. The zero-order valence-electron chi connectivity index (χ0n) is 8.88. The summed E-state index contributed by atoms with van der Waals surface area (Å²) in [5.74, 6) is 1.37. The Kier molecular flexibility index (Phi) is 6.84. The maximum absolute atomic E-state index is 2.33. The van der Waals surface area contributed by atoms with E-state index in [9.17, 15) is 0 Å². The molecule has 0 spiro atoms. The van der Waals surface area contributed by atoms with Gasteiger partial charge in [0.15, 0.2) is 0 Å². The van der Waals surface area contributed by atoms with Crippen LogP contribution in [-0.2, 0) is 0 Å². The van der Waals surface area contributed by atoms with E-state index in [1.165, 1.54) is 12.8 Å². The van der Waals surface area contributed by atoms with Crippen LogP contribution >= 0.6 is 0 Å². The van der Waals surface area contributed by atoms with Gasteiger partial charge in [-0.05, 0) is 25.2 Å². The Bertz CT molecular complexity index is 142. The highest BCUT2D eigenvalue weighted by Crippen LogP contribution is 2.10. The maximum atomic E-state index is 2.33. The van der Waals surface area contributed by atoms with Gasteiger partial charge in [-0.1, -0.05) is 51.5 Å². The summed E-state index contributed by atoms with van der Waals surface area (Å²) in [5.41, 5.74) is 0. The molecule has 0 aromatic rings. The van der Waals surface area contributed by atoms with E-state index in [1.54, 1.807) is 0 Å². The Morgan fingerprint density at radius 3 is 2.08 bits per heavy atom. The molecule has 0 saturated carbocycles. The lowest BCUT2D eigenvalue weighted by Gasteiger charge is -2.05. The van der Waals surface area contributed by atoms with Gasteiger partial charge in [-0.3, -0.25) is 0 Å². The summed E-state index contributed by atoms with van der Waals surface area (Å²) in [6.07, 6.45) is 11.5. The number of hydrogen-bond acceptors (Lipinski definition) is 0. The van der Waals surface area contributed by atoms with Gasteiger partial charge in [0, 0.05) is 0 Å². The molecule has 0 aromatic carbocycles. The molecule has 2 atom stereocenters. The van der Waals surface area contributed by atoms with Gasteiger partial charge >= 0.3 is 0 Å². The van der Waals surface area contributed by atoms with Gasteiger partial charge in [-0.15, -0.1) is 0 Å². The van der Waals surface area contributed by atoms with Crippen molar-refractivity contribution in [3.8, 4) is 0 Å². The van der Waals surface area contributed by atoms with E-state index in [4.69, 9.17) is 0 Å². The Morgan fingerprint density at radius 2 is 1.67 bits per heavy atom. The third-order valence-electron chi connectivity index (χ3n) is 2.24. The van der Waals surface area contributed by atoms with Gasteiger partial charge in [0.2, 0.25) is 0 Å². The lowest BCUT2D eigenvalue weighted by molar-refractivity contribution is 0.681. The predicted octanol–water partition coefficient (Wildman–Crippen LogP) is 4.19. The Morgan fingerprint density at radius 1 is 1.00 bits per heavy atom. The first-order chi connectivity index (χ1) is 5.74. The van der Waals surface area contributed by atoms with Crippen LogP contribution in [0.25, 0.3) is 0 Å². The van der Waals surface area contributed by atoms with E-state index in [0.29, 0.717) is 5.92 Å². The third kappa shape index (κ3) is 5.17. The van der Waals surface area contributed by atoms with Gasteiger partial charge in [-0.25, -0.2) is 0 Å². The van der Waals surface area contributed by atoms with Crippen LogP contribution in [-0.4, -0.2) is 0 Å². The lowest BCUT2D eigenvalue weighted by atomic mass is 10.0. The molecule has 0 bridgehead atoms. The minimum atomic E-state index is 0.643. The van der Waals surface area contributed by atoms with Crippen molar-refractivity contribution in [3.63, 3.8) is 0 Å². The lowest BCUT2D eigenvalue weighted by Crippen LogP contribution is -1.91. The van der Waals surface area contributed by atoms with Crippen LogP contribution in [0.3, 0.4) is 0 Å². The van der Waals surface area contributed by atoms with E-state index >= 15 is 0 Å². The minimum absolute atomic E-state index is 0.643.